The Morgan fingerprint density at radius 1 is 1.39 bits per heavy atom. The molecule has 0 saturated carbocycles. The summed E-state index contributed by atoms with van der Waals surface area (Å²) in [5.74, 6) is 0. The van der Waals surface area contributed by atoms with Gasteiger partial charge in [-0.05, 0) is 19.9 Å². The van der Waals surface area contributed by atoms with E-state index in [1.807, 2.05) is 0 Å². The summed E-state index contributed by atoms with van der Waals surface area (Å²) in [7, 11) is -1.72. The fraction of sp³-hybridized carbons (Fsp3) is 1.00. The molecule has 0 aromatic carbocycles. The molecule has 1 fully saturated rings. The zero-order chi connectivity index (χ0) is 13.4. The van der Waals surface area contributed by atoms with Crippen molar-refractivity contribution in [1.82, 2.24) is 14.9 Å². The van der Waals surface area contributed by atoms with Crippen molar-refractivity contribution in [3.8, 4) is 0 Å². The normalized spacial score (nSPS) is 19.9. The number of ether oxygens (including phenoxy) is 1. The molecule has 1 aliphatic rings. The molecule has 108 valence electrons. The predicted molar refractivity (Wildman–Crippen MR) is 72.2 cm³/mol. The van der Waals surface area contributed by atoms with Crippen LogP contribution in [0, 0.1) is 0 Å². The third-order valence-corrected chi connectivity index (χ3v) is 4.90. The lowest BCUT2D eigenvalue weighted by Gasteiger charge is -2.27. The van der Waals surface area contributed by atoms with Gasteiger partial charge in [-0.2, -0.15) is 0 Å². The summed E-state index contributed by atoms with van der Waals surface area (Å²) in [5.41, 5.74) is 0. The van der Waals surface area contributed by atoms with E-state index in [9.17, 15) is 8.42 Å². The Balaban J connectivity index is 2.16. The summed E-state index contributed by atoms with van der Waals surface area (Å²) in [6.45, 7) is 7.48. The minimum Gasteiger partial charge on any atom is -0.383 e. The SMILES string of the molecule is COCC(C)S(=O)(=O)NCCCN1CCNCC1. The molecule has 1 rings (SSSR count). The van der Waals surface area contributed by atoms with E-state index in [-0.39, 0.29) is 6.61 Å². The van der Waals surface area contributed by atoms with Crippen molar-refractivity contribution in [1.29, 1.82) is 0 Å². The minimum atomic E-state index is -3.23. The lowest BCUT2D eigenvalue weighted by atomic mass is 10.3. The maximum absolute atomic E-state index is 11.8. The second-order valence-corrected chi connectivity index (χ2v) is 6.83. The number of methoxy groups -OCH3 is 1. The molecule has 1 heterocycles. The second-order valence-electron chi connectivity index (χ2n) is 4.65. The van der Waals surface area contributed by atoms with Gasteiger partial charge in [-0.15, -0.1) is 0 Å². The molecule has 1 saturated heterocycles. The van der Waals surface area contributed by atoms with E-state index >= 15 is 0 Å². The molecule has 18 heavy (non-hydrogen) atoms. The van der Waals surface area contributed by atoms with Gasteiger partial charge in [0, 0.05) is 39.8 Å². The van der Waals surface area contributed by atoms with Crippen LogP contribution in [0.25, 0.3) is 0 Å². The third-order valence-electron chi connectivity index (χ3n) is 3.10. The Labute approximate surface area is 110 Å². The van der Waals surface area contributed by atoms with Crippen LogP contribution in [0.3, 0.4) is 0 Å². The first kappa shape index (κ1) is 15.8. The van der Waals surface area contributed by atoms with Crippen molar-refractivity contribution in [3.05, 3.63) is 0 Å². The van der Waals surface area contributed by atoms with E-state index in [2.05, 4.69) is 14.9 Å². The fourth-order valence-electron chi connectivity index (χ4n) is 1.92. The molecule has 1 aliphatic heterocycles. The molecule has 0 aliphatic carbocycles. The first-order valence-electron chi connectivity index (χ1n) is 6.47. The molecule has 0 bridgehead atoms. The van der Waals surface area contributed by atoms with Gasteiger partial charge in [0.15, 0.2) is 0 Å². The highest BCUT2D eigenvalue weighted by molar-refractivity contribution is 7.90. The molecule has 7 heteroatoms. The van der Waals surface area contributed by atoms with Crippen LogP contribution < -0.4 is 10.0 Å². The molecule has 1 unspecified atom stereocenters. The zero-order valence-electron chi connectivity index (χ0n) is 11.3. The zero-order valence-corrected chi connectivity index (χ0v) is 12.1. The van der Waals surface area contributed by atoms with E-state index in [0.29, 0.717) is 6.54 Å². The van der Waals surface area contributed by atoms with Crippen molar-refractivity contribution in [2.75, 3.05) is 53.0 Å². The second kappa shape index (κ2) is 8.06. The molecule has 1 atom stereocenters. The van der Waals surface area contributed by atoms with E-state index in [1.54, 1.807) is 6.92 Å². The molecule has 0 spiro atoms. The molecule has 6 nitrogen and oxygen atoms in total. The summed E-state index contributed by atoms with van der Waals surface area (Å²) in [6.07, 6.45) is 0.846. The van der Waals surface area contributed by atoms with Gasteiger partial charge in [-0.25, -0.2) is 13.1 Å². The first-order valence-corrected chi connectivity index (χ1v) is 8.01. The summed E-state index contributed by atoms with van der Waals surface area (Å²) in [6, 6.07) is 0. The first-order chi connectivity index (χ1) is 8.56. The van der Waals surface area contributed by atoms with Gasteiger partial charge >= 0.3 is 0 Å². The van der Waals surface area contributed by atoms with Crippen LogP contribution in [0.15, 0.2) is 0 Å². The molecule has 2 N–H and O–H groups in total. The third kappa shape index (κ3) is 5.62. The topological polar surface area (TPSA) is 70.7 Å². The van der Waals surface area contributed by atoms with Crippen LogP contribution in [-0.4, -0.2) is 71.6 Å². The highest BCUT2D eigenvalue weighted by atomic mass is 32.2. The average Bonchev–Trinajstić information content (AvgIpc) is 2.36. The van der Waals surface area contributed by atoms with Crippen LogP contribution in [0.2, 0.25) is 0 Å². The van der Waals surface area contributed by atoms with Gasteiger partial charge in [0.1, 0.15) is 0 Å². The predicted octanol–water partition coefficient (Wildman–Crippen LogP) is -0.764. The lowest BCUT2D eigenvalue weighted by molar-refractivity contribution is 0.200. The van der Waals surface area contributed by atoms with Gasteiger partial charge in [0.25, 0.3) is 0 Å². The quantitative estimate of drug-likeness (QED) is 0.571. The van der Waals surface area contributed by atoms with Crippen LogP contribution >= 0.6 is 0 Å². The van der Waals surface area contributed by atoms with Crippen molar-refractivity contribution in [2.24, 2.45) is 0 Å². The minimum absolute atomic E-state index is 0.229. The van der Waals surface area contributed by atoms with Gasteiger partial charge < -0.3 is 15.0 Å². The van der Waals surface area contributed by atoms with Crippen molar-refractivity contribution >= 4 is 10.0 Å². The summed E-state index contributed by atoms with van der Waals surface area (Å²) in [4.78, 5) is 2.35. The highest BCUT2D eigenvalue weighted by Crippen LogP contribution is 1.99. The van der Waals surface area contributed by atoms with Crippen LogP contribution in [-0.2, 0) is 14.8 Å². The molecule has 0 aromatic rings. The van der Waals surface area contributed by atoms with E-state index in [0.717, 1.165) is 39.1 Å². The maximum Gasteiger partial charge on any atom is 0.216 e. The lowest BCUT2D eigenvalue weighted by Crippen LogP contribution is -2.44. The van der Waals surface area contributed by atoms with Crippen LogP contribution in [0.1, 0.15) is 13.3 Å². The molecular weight excluding hydrogens is 254 g/mol. The number of hydrogen-bond donors (Lipinski definition) is 2. The van der Waals surface area contributed by atoms with E-state index < -0.39 is 15.3 Å². The standard InChI is InChI=1S/C11H25N3O3S/c1-11(10-17-2)18(15,16)13-4-3-7-14-8-5-12-6-9-14/h11-13H,3-10H2,1-2H3. The Morgan fingerprint density at radius 2 is 2.06 bits per heavy atom. The van der Waals surface area contributed by atoms with Gasteiger partial charge in [-0.1, -0.05) is 0 Å². The summed E-state index contributed by atoms with van der Waals surface area (Å²) < 4.78 is 31.0. The Morgan fingerprint density at radius 3 is 2.67 bits per heavy atom. The van der Waals surface area contributed by atoms with Crippen molar-refractivity contribution in [2.45, 2.75) is 18.6 Å². The van der Waals surface area contributed by atoms with Crippen LogP contribution in [0.4, 0.5) is 0 Å². The number of hydrogen-bond acceptors (Lipinski definition) is 5. The monoisotopic (exact) mass is 279 g/mol. The summed E-state index contributed by atoms with van der Waals surface area (Å²) in [5, 5.41) is 2.79. The number of nitrogens with zero attached hydrogens (tertiary/aromatic N) is 1. The summed E-state index contributed by atoms with van der Waals surface area (Å²) >= 11 is 0. The van der Waals surface area contributed by atoms with Crippen molar-refractivity contribution < 1.29 is 13.2 Å². The average molecular weight is 279 g/mol. The maximum atomic E-state index is 11.8. The number of sulfonamides is 1. The van der Waals surface area contributed by atoms with Crippen LogP contribution in [0.5, 0.6) is 0 Å². The highest BCUT2D eigenvalue weighted by Gasteiger charge is 2.19. The number of rotatable bonds is 8. The Bertz CT molecular complexity index is 315. The fourth-order valence-corrected chi connectivity index (χ4v) is 2.95. The molecule has 0 amide bonds. The Kier molecular flexibility index (Phi) is 7.10. The van der Waals surface area contributed by atoms with Gasteiger partial charge in [-0.3, -0.25) is 0 Å². The van der Waals surface area contributed by atoms with E-state index in [1.165, 1.54) is 7.11 Å². The molecule has 0 aromatic heterocycles. The molecule has 0 radical (unpaired) electrons. The largest absolute Gasteiger partial charge is 0.383 e. The van der Waals surface area contributed by atoms with Crippen molar-refractivity contribution in [3.63, 3.8) is 0 Å². The molecular formula is C11H25N3O3S. The smallest absolute Gasteiger partial charge is 0.216 e. The number of nitrogens with one attached hydrogen (secondary N) is 2. The van der Waals surface area contributed by atoms with Gasteiger partial charge in [0.05, 0.1) is 11.9 Å². The Hall–Kier alpha value is -0.210. The van der Waals surface area contributed by atoms with E-state index in [4.69, 9.17) is 4.74 Å². The van der Waals surface area contributed by atoms with Gasteiger partial charge in [0.2, 0.25) is 10.0 Å². The number of piperazine rings is 1.